The Morgan fingerprint density at radius 1 is 1.16 bits per heavy atom. The van der Waals surface area contributed by atoms with Gasteiger partial charge in [0, 0.05) is 28.3 Å². The number of pyridine rings is 1. The molecule has 0 fully saturated rings. The predicted molar refractivity (Wildman–Crippen MR) is 96.5 cm³/mol. The first kappa shape index (κ1) is 15.7. The zero-order chi connectivity index (χ0) is 17.4. The van der Waals surface area contributed by atoms with Crippen molar-refractivity contribution in [1.82, 2.24) is 24.5 Å². The van der Waals surface area contributed by atoms with Gasteiger partial charge < -0.3 is 9.88 Å². The second-order valence-corrected chi connectivity index (χ2v) is 6.30. The molecule has 6 nitrogen and oxygen atoms in total. The number of fused-ring (bicyclic) bond motifs is 2. The van der Waals surface area contributed by atoms with Crippen LogP contribution in [0.3, 0.4) is 0 Å². The van der Waals surface area contributed by atoms with E-state index in [4.69, 9.17) is 11.6 Å². The number of carbonyl (C=O) groups excluding carboxylic acids is 1. The van der Waals surface area contributed by atoms with Crippen molar-refractivity contribution in [3.63, 3.8) is 0 Å². The van der Waals surface area contributed by atoms with E-state index in [1.165, 1.54) is 0 Å². The molecule has 1 amide bonds. The molecule has 3 aromatic heterocycles. The molecule has 3 heterocycles. The van der Waals surface area contributed by atoms with Gasteiger partial charge >= 0.3 is 0 Å². The summed E-state index contributed by atoms with van der Waals surface area (Å²) in [6, 6.07) is 13.0. The van der Waals surface area contributed by atoms with Crippen LogP contribution < -0.4 is 5.32 Å². The number of benzene rings is 1. The monoisotopic (exact) mass is 353 g/mol. The van der Waals surface area contributed by atoms with Gasteiger partial charge in [-0.1, -0.05) is 23.7 Å². The first-order chi connectivity index (χ1) is 12.1. The van der Waals surface area contributed by atoms with Gasteiger partial charge in [0.1, 0.15) is 6.54 Å². The lowest BCUT2D eigenvalue weighted by Crippen LogP contribution is -2.30. The Labute approximate surface area is 149 Å². The summed E-state index contributed by atoms with van der Waals surface area (Å²) < 4.78 is 3.75. The van der Waals surface area contributed by atoms with E-state index in [0.717, 1.165) is 16.6 Å². The molecule has 1 N–H and O–H groups in total. The minimum atomic E-state index is -0.254. The average Bonchev–Trinajstić information content (AvgIpc) is 3.20. The van der Waals surface area contributed by atoms with Gasteiger partial charge in [0.15, 0.2) is 11.5 Å². The highest BCUT2D eigenvalue weighted by Crippen LogP contribution is 2.24. The number of hydrogen-bond acceptors (Lipinski definition) is 3. The fourth-order valence-electron chi connectivity index (χ4n) is 2.99. The molecule has 1 atom stereocenters. The quantitative estimate of drug-likeness (QED) is 0.612. The maximum atomic E-state index is 12.5. The molecule has 0 aliphatic heterocycles. The van der Waals surface area contributed by atoms with Gasteiger partial charge in [0.25, 0.3) is 0 Å². The fourth-order valence-corrected chi connectivity index (χ4v) is 3.22. The summed E-state index contributed by atoms with van der Waals surface area (Å²) in [7, 11) is 0. The Balaban J connectivity index is 1.52. The molecule has 0 saturated carbocycles. The molecular formula is C18H16ClN5O. The molecule has 4 aromatic rings. The van der Waals surface area contributed by atoms with Crippen LogP contribution >= 0.6 is 11.6 Å². The molecule has 25 heavy (non-hydrogen) atoms. The van der Waals surface area contributed by atoms with Gasteiger partial charge in [-0.15, -0.1) is 10.2 Å². The van der Waals surface area contributed by atoms with E-state index in [9.17, 15) is 4.79 Å². The zero-order valence-electron chi connectivity index (χ0n) is 13.6. The fraction of sp³-hybridized carbons (Fsp3) is 0.167. The van der Waals surface area contributed by atoms with Crippen LogP contribution in [0.1, 0.15) is 18.8 Å². The third kappa shape index (κ3) is 2.85. The van der Waals surface area contributed by atoms with Crippen LogP contribution in [0.25, 0.3) is 16.6 Å². The number of aromatic nitrogens is 4. The zero-order valence-corrected chi connectivity index (χ0v) is 14.3. The number of nitrogens with one attached hydrogen (secondary N) is 1. The van der Waals surface area contributed by atoms with E-state index in [-0.39, 0.29) is 18.5 Å². The summed E-state index contributed by atoms with van der Waals surface area (Å²) in [4.78, 5) is 12.5. The number of rotatable bonds is 4. The summed E-state index contributed by atoms with van der Waals surface area (Å²) in [5.74, 6) is 0.599. The third-order valence-corrected chi connectivity index (χ3v) is 4.51. The molecule has 126 valence electrons. The Morgan fingerprint density at radius 3 is 2.92 bits per heavy atom. The Bertz CT molecular complexity index is 1070. The van der Waals surface area contributed by atoms with Crippen LogP contribution in [0, 0.1) is 0 Å². The lowest BCUT2D eigenvalue weighted by Gasteiger charge is -2.13. The molecule has 0 spiro atoms. The molecular weight excluding hydrogens is 338 g/mol. The van der Waals surface area contributed by atoms with E-state index in [2.05, 4.69) is 15.5 Å². The summed E-state index contributed by atoms with van der Waals surface area (Å²) in [5.41, 5.74) is 1.69. The SMILES string of the molecule is C[C@H](NC(=O)Cn1ccc2c(Cl)cccc21)c1nnc2ccccn12. The van der Waals surface area contributed by atoms with Crippen LogP contribution in [0.5, 0.6) is 0 Å². The molecule has 1 aromatic carbocycles. The Kier molecular flexibility index (Phi) is 3.89. The maximum Gasteiger partial charge on any atom is 0.240 e. The molecule has 0 unspecified atom stereocenters. The molecule has 7 heteroatoms. The molecule has 4 rings (SSSR count). The minimum absolute atomic E-state index is 0.0994. The van der Waals surface area contributed by atoms with E-state index < -0.39 is 0 Å². The van der Waals surface area contributed by atoms with Crippen LogP contribution in [0.2, 0.25) is 5.02 Å². The normalized spacial score (nSPS) is 12.6. The summed E-state index contributed by atoms with van der Waals surface area (Å²) in [5, 5.41) is 12.9. The number of carbonyl (C=O) groups is 1. The van der Waals surface area contributed by atoms with Crippen molar-refractivity contribution in [3.8, 4) is 0 Å². The molecule has 0 aliphatic carbocycles. The Morgan fingerprint density at radius 2 is 2.04 bits per heavy atom. The van der Waals surface area contributed by atoms with Gasteiger partial charge in [0.05, 0.1) is 6.04 Å². The molecule has 0 saturated heterocycles. The Hall–Kier alpha value is -2.86. The first-order valence-corrected chi connectivity index (χ1v) is 8.33. The molecule has 0 aliphatic rings. The maximum absolute atomic E-state index is 12.5. The van der Waals surface area contributed by atoms with Gasteiger partial charge in [-0.3, -0.25) is 9.20 Å². The van der Waals surface area contributed by atoms with Crippen molar-refractivity contribution in [2.45, 2.75) is 19.5 Å². The van der Waals surface area contributed by atoms with Crippen molar-refractivity contribution >= 4 is 34.1 Å². The standard InChI is InChI=1S/C18H16ClN5O/c1-12(18-22-21-16-7-2-3-9-24(16)18)20-17(25)11-23-10-8-13-14(19)5-4-6-15(13)23/h2-10,12H,11H2,1H3,(H,20,25)/t12-/m0/s1. The number of amides is 1. The van der Waals surface area contributed by atoms with Crippen molar-refractivity contribution in [1.29, 1.82) is 0 Å². The van der Waals surface area contributed by atoms with Crippen LogP contribution in [-0.2, 0) is 11.3 Å². The number of halogens is 1. The van der Waals surface area contributed by atoms with Gasteiger partial charge in [-0.25, -0.2) is 0 Å². The number of nitrogens with zero attached hydrogens (tertiary/aromatic N) is 4. The lowest BCUT2D eigenvalue weighted by molar-refractivity contribution is -0.122. The van der Waals surface area contributed by atoms with Crippen molar-refractivity contribution < 1.29 is 4.79 Å². The topological polar surface area (TPSA) is 64.2 Å². The van der Waals surface area contributed by atoms with Gasteiger partial charge in [0.2, 0.25) is 5.91 Å². The third-order valence-electron chi connectivity index (χ3n) is 4.18. The van der Waals surface area contributed by atoms with Crippen molar-refractivity contribution in [2.24, 2.45) is 0 Å². The van der Waals surface area contributed by atoms with Crippen LogP contribution in [-0.4, -0.2) is 25.1 Å². The molecule has 0 bridgehead atoms. The smallest absolute Gasteiger partial charge is 0.240 e. The van der Waals surface area contributed by atoms with E-state index in [0.29, 0.717) is 10.8 Å². The predicted octanol–water partition coefficient (Wildman–Crippen LogP) is 3.21. The second-order valence-electron chi connectivity index (χ2n) is 5.89. The summed E-state index contributed by atoms with van der Waals surface area (Å²) >= 11 is 6.18. The minimum Gasteiger partial charge on any atom is -0.345 e. The van der Waals surface area contributed by atoms with Crippen LogP contribution in [0.4, 0.5) is 0 Å². The average molecular weight is 354 g/mol. The van der Waals surface area contributed by atoms with E-state index in [1.807, 2.05) is 70.7 Å². The molecule has 0 radical (unpaired) electrons. The lowest BCUT2D eigenvalue weighted by atomic mass is 10.2. The highest BCUT2D eigenvalue weighted by Gasteiger charge is 2.16. The van der Waals surface area contributed by atoms with E-state index >= 15 is 0 Å². The highest BCUT2D eigenvalue weighted by molar-refractivity contribution is 6.35. The van der Waals surface area contributed by atoms with Crippen molar-refractivity contribution in [2.75, 3.05) is 0 Å². The number of hydrogen-bond donors (Lipinski definition) is 1. The highest BCUT2D eigenvalue weighted by atomic mass is 35.5. The van der Waals surface area contributed by atoms with Crippen LogP contribution in [0.15, 0.2) is 54.9 Å². The van der Waals surface area contributed by atoms with Crippen molar-refractivity contribution in [3.05, 3.63) is 65.7 Å². The largest absolute Gasteiger partial charge is 0.345 e. The summed E-state index contributed by atoms with van der Waals surface area (Å²) in [6.07, 6.45) is 3.75. The first-order valence-electron chi connectivity index (χ1n) is 7.96. The van der Waals surface area contributed by atoms with E-state index in [1.54, 1.807) is 0 Å². The van der Waals surface area contributed by atoms with Gasteiger partial charge in [-0.05, 0) is 37.3 Å². The second kappa shape index (κ2) is 6.22. The van der Waals surface area contributed by atoms with Gasteiger partial charge in [-0.2, -0.15) is 0 Å². The summed E-state index contributed by atoms with van der Waals surface area (Å²) in [6.45, 7) is 2.11.